The first-order valence-corrected chi connectivity index (χ1v) is 7.08. The Bertz CT molecular complexity index is 449. The minimum atomic E-state index is -0.910. The lowest BCUT2D eigenvalue weighted by atomic mass is 10.1. The topological polar surface area (TPSA) is 70.4 Å². The predicted octanol–water partition coefficient (Wildman–Crippen LogP) is 2.00. The quantitative estimate of drug-likeness (QED) is 0.838. The zero-order valence-electron chi connectivity index (χ0n) is 13.1. The van der Waals surface area contributed by atoms with E-state index in [0.29, 0.717) is 12.4 Å². The van der Waals surface area contributed by atoms with Gasteiger partial charge in [0.2, 0.25) is 0 Å². The summed E-state index contributed by atoms with van der Waals surface area (Å²) < 4.78 is 1.67. The molecule has 0 bridgehead atoms. The zero-order chi connectivity index (χ0) is 15.3. The second-order valence-electron chi connectivity index (χ2n) is 5.65. The molecule has 0 aliphatic heterocycles. The molecule has 6 nitrogen and oxygen atoms in total. The van der Waals surface area contributed by atoms with Gasteiger partial charge in [0.25, 0.3) is 0 Å². The van der Waals surface area contributed by atoms with Gasteiger partial charge in [0.15, 0.2) is 0 Å². The van der Waals surface area contributed by atoms with Crippen molar-refractivity contribution >= 4 is 11.8 Å². The molecule has 2 amide bonds. The molecule has 6 heteroatoms. The predicted molar refractivity (Wildman–Crippen MR) is 79.8 cm³/mol. The second kappa shape index (κ2) is 6.74. The number of urea groups is 1. The van der Waals surface area contributed by atoms with E-state index in [9.17, 15) is 9.90 Å². The SMILES string of the molecule is CCCc1cc(NC(=O)N(CC)CC(C)(C)O)n(C)n1. The maximum absolute atomic E-state index is 12.2. The van der Waals surface area contributed by atoms with E-state index in [1.165, 1.54) is 0 Å². The summed E-state index contributed by atoms with van der Waals surface area (Å²) in [6.45, 7) is 8.18. The van der Waals surface area contributed by atoms with Crippen LogP contribution >= 0.6 is 0 Å². The molecule has 1 rings (SSSR count). The highest BCUT2D eigenvalue weighted by atomic mass is 16.3. The van der Waals surface area contributed by atoms with Crippen molar-refractivity contribution in [2.75, 3.05) is 18.4 Å². The van der Waals surface area contributed by atoms with Crippen molar-refractivity contribution in [1.29, 1.82) is 0 Å². The molecule has 114 valence electrons. The van der Waals surface area contributed by atoms with Gasteiger partial charge in [0, 0.05) is 19.7 Å². The minimum Gasteiger partial charge on any atom is -0.389 e. The van der Waals surface area contributed by atoms with E-state index in [2.05, 4.69) is 17.3 Å². The Morgan fingerprint density at radius 1 is 1.50 bits per heavy atom. The van der Waals surface area contributed by atoms with Gasteiger partial charge in [-0.25, -0.2) is 4.79 Å². The standard InChI is InChI=1S/C14H26N4O2/c1-6-8-11-9-12(17(5)16-11)15-13(19)18(7-2)10-14(3,4)20/h9,20H,6-8,10H2,1-5H3,(H,15,19). The van der Waals surface area contributed by atoms with Gasteiger partial charge in [-0.3, -0.25) is 10.00 Å². The summed E-state index contributed by atoms with van der Waals surface area (Å²) in [5.74, 6) is 0.674. The normalized spacial score (nSPS) is 11.5. The number of aromatic nitrogens is 2. The van der Waals surface area contributed by atoms with Crippen LogP contribution in [0.1, 0.15) is 39.8 Å². The fraction of sp³-hybridized carbons (Fsp3) is 0.714. The maximum atomic E-state index is 12.2. The molecule has 0 fully saturated rings. The Morgan fingerprint density at radius 2 is 2.15 bits per heavy atom. The van der Waals surface area contributed by atoms with Gasteiger partial charge < -0.3 is 10.0 Å². The van der Waals surface area contributed by atoms with Crippen molar-refractivity contribution in [2.45, 2.75) is 46.1 Å². The highest BCUT2D eigenvalue weighted by molar-refractivity contribution is 5.88. The Hall–Kier alpha value is -1.56. The largest absolute Gasteiger partial charge is 0.389 e. The molecule has 2 N–H and O–H groups in total. The van der Waals surface area contributed by atoms with E-state index in [-0.39, 0.29) is 12.6 Å². The number of aryl methyl sites for hydroxylation is 2. The fourth-order valence-corrected chi connectivity index (χ4v) is 2.00. The van der Waals surface area contributed by atoms with Crippen molar-refractivity contribution in [3.05, 3.63) is 11.8 Å². The Balaban J connectivity index is 2.73. The number of hydrogen-bond acceptors (Lipinski definition) is 3. The average Bonchev–Trinajstić information content (AvgIpc) is 2.66. The van der Waals surface area contributed by atoms with Gasteiger partial charge in [-0.15, -0.1) is 0 Å². The fourth-order valence-electron chi connectivity index (χ4n) is 2.00. The Kier molecular flexibility index (Phi) is 5.56. The Morgan fingerprint density at radius 3 is 2.65 bits per heavy atom. The lowest BCUT2D eigenvalue weighted by Gasteiger charge is -2.28. The summed E-state index contributed by atoms with van der Waals surface area (Å²) in [6.07, 6.45) is 1.91. The zero-order valence-corrected chi connectivity index (χ0v) is 13.1. The van der Waals surface area contributed by atoms with Crippen LogP contribution in [0.4, 0.5) is 10.6 Å². The van der Waals surface area contributed by atoms with Crippen LogP contribution in [0.3, 0.4) is 0 Å². The van der Waals surface area contributed by atoms with Crippen LogP contribution in [-0.2, 0) is 13.5 Å². The van der Waals surface area contributed by atoms with E-state index in [4.69, 9.17) is 0 Å². The number of aliphatic hydroxyl groups is 1. The molecule has 0 unspecified atom stereocenters. The first-order valence-electron chi connectivity index (χ1n) is 7.08. The highest BCUT2D eigenvalue weighted by Crippen LogP contribution is 2.13. The summed E-state index contributed by atoms with van der Waals surface area (Å²) in [5.41, 5.74) is 0.0588. The number of anilines is 1. The van der Waals surface area contributed by atoms with Crippen molar-refractivity contribution in [3.63, 3.8) is 0 Å². The van der Waals surface area contributed by atoms with E-state index in [0.717, 1.165) is 18.5 Å². The lowest BCUT2D eigenvalue weighted by Crippen LogP contribution is -2.44. The van der Waals surface area contributed by atoms with Gasteiger partial charge in [-0.05, 0) is 27.2 Å². The summed E-state index contributed by atoms with van der Waals surface area (Å²) in [4.78, 5) is 13.8. The third kappa shape index (κ3) is 4.85. The maximum Gasteiger partial charge on any atom is 0.323 e. The molecule has 0 atom stereocenters. The van der Waals surface area contributed by atoms with Crippen LogP contribution in [0.5, 0.6) is 0 Å². The summed E-state index contributed by atoms with van der Waals surface area (Å²) in [7, 11) is 1.81. The van der Waals surface area contributed by atoms with Gasteiger partial charge >= 0.3 is 6.03 Å². The Labute approximate surface area is 120 Å². The number of carbonyl (C=O) groups is 1. The van der Waals surface area contributed by atoms with Crippen molar-refractivity contribution in [3.8, 4) is 0 Å². The number of nitrogens with one attached hydrogen (secondary N) is 1. The molecule has 0 radical (unpaired) electrons. The molecule has 20 heavy (non-hydrogen) atoms. The molecule has 1 heterocycles. The number of amides is 2. The number of carbonyl (C=O) groups excluding carboxylic acids is 1. The van der Waals surface area contributed by atoms with Crippen LogP contribution < -0.4 is 5.32 Å². The number of likely N-dealkylation sites (N-methyl/N-ethyl adjacent to an activating group) is 1. The third-order valence-corrected chi connectivity index (χ3v) is 2.92. The molecule has 0 saturated carbocycles. The van der Waals surface area contributed by atoms with E-state index < -0.39 is 5.60 Å². The molecule has 1 aromatic heterocycles. The van der Waals surface area contributed by atoms with Crippen LogP contribution in [0.2, 0.25) is 0 Å². The smallest absolute Gasteiger partial charge is 0.323 e. The van der Waals surface area contributed by atoms with Gasteiger partial charge in [-0.2, -0.15) is 5.10 Å². The minimum absolute atomic E-state index is 0.222. The lowest BCUT2D eigenvalue weighted by molar-refractivity contribution is 0.0501. The highest BCUT2D eigenvalue weighted by Gasteiger charge is 2.22. The van der Waals surface area contributed by atoms with Gasteiger partial charge in [-0.1, -0.05) is 13.3 Å². The van der Waals surface area contributed by atoms with Crippen LogP contribution in [-0.4, -0.2) is 44.5 Å². The second-order valence-corrected chi connectivity index (χ2v) is 5.65. The first-order chi connectivity index (χ1) is 9.26. The molecular formula is C14H26N4O2. The van der Waals surface area contributed by atoms with E-state index >= 15 is 0 Å². The average molecular weight is 282 g/mol. The molecular weight excluding hydrogens is 256 g/mol. The summed E-state index contributed by atoms with van der Waals surface area (Å²) >= 11 is 0. The van der Waals surface area contributed by atoms with Crippen molar-refractivity contribution in [2.24, 2.45) is 7.05 Å². The monoisotopic (exact) mass is 282 g/mol. The number of rotatable bonds is 6. The van der Waals surface area contributed by atoms with E-state index in [1.54, 1.807) is 30.5 Å². The molecule has 0 spiro atoms. The summed E-state index contributed by atoms with van der Waals surface area (Å²) in [6, 6.07) is 1.67. The molecule has 0 aliphatic rings. The van der Waals surface area contributed by atoms with Crippen LogP contribution in [0.25, 0.3) is 0 Å². The number of hydrogen-bond donors (Lipinski definition) is 2. The van der Waals surface area contributed by atoms with Gasteiger partial charge in [0.05, 0.1) is 17.8 Å². The molecule has 0 aliphatic carbocycles. The molecule has 0 saturated heterocycles. The molecule has 1 aromatic rings. The van der Waals surface area contributed by atoms with Crippen LogP contribution in [0, 0.1) is 0 Å². The van der Waals surface area contributed by atoms with Crippen molar-refractivity contribution < 1.29 is 9.90 Å². The van der Waals surface area contributed by atoms with Crippen molar-refractivity contribution in [1.82, 2.24) is 14.7 Å². The third-order valence-electron chi connectivity index (χ3n) is 2.92. The molecule has 0 aromatic carbocycles. The van der Waals surface area contributed by atoms with Gasteiger partial charge in [0.1, 0.15) is 5.82 Å². The first kappa shape index (κ1) is 16.5. The summed E-state index contributed by atoms with van der Waals surface area (Å²) in [5, 5.41) is 17.0. The van der Waals surface area contributed by atoms with Crippen LogP contribution in [0.15, 0.2) is 6.07 Å². The van der Waals surface area contributed by atoms with E-state index in [1.807, 2.05) is 13.0 Å². The number of nitrogens with zero attached hydrogens (tertiary/aromatic N) is 3.